The first-order chi connectivity index (χ1) is 13.7. The molecule has 0 amide bonds. The molecule has 152 valence electrons. The van der Waals surface area contributed by atoms with Gasteiger partial charge < -0.3 is 9.84 Å². The highest BCUT2D eigenvalue weighted by molar-refractivity contribution is 6.16. The summed E-state index contributed by atoms with van der Waals surface area (Å²) in [7, 11) is 1.57. The Labute approximate surface area is 170 Å². The summed E-state index contributed by atoms with van der Waals surface area (Å²) in [5.41, 5.74) is 1.74. The van der Waals surface area contributed by atoms with Crippen LogP contribution in [0, 0.1) is 5.41 Å². The van der Waals surface area contributed by atoms with Crippen molar-refractivity contribution in [2.24, 2.45) is 5.41 Å². The van der Waals surface area contributed by atoms with Crippen LogP contribution in [-0.4, -0.2) is 40.2 Å². The zero-order valence-corrected chi connectivity index (χ0v) is 17.2. The number of ether oxygens (including phenoxy) is 1. The maximum absolute atomic E-state index is 13.2. The van der Waals surface area contributed by atoms with Gasteiger partial charge in [0.2, 0.25) is 5.78 Å². The number of carbonyl (C=O) groups is 2. The van der Waals surface area contributed by atoms with E-state index >= 15 is 0 Å². The van der Waals surface area contributed by atoms with Gasteiger partial charge >= 0.3 is 0 Å². The number of ketones is 2. The fraction of sp³-hybridized carbons (Fsp3) is 0.348. The molecule has 6 nitrogen and oxygen atoms in total. The standard InChI is InChI=1S/C23H26N2O4/c1-23(2,3)20(27)13-25-19-12-17(29-4)10-11-18(19)21(24-25)22(28)16-7-5-6-15(14-26)8-9-16/h6-12,26H,5,13-14H2,1-4H3. The minimum absolute atomic E-state index is 0.0223. The average molecular weight is 394 g/mol. The van der Waals surface area contributed by atoms with Crippen LogP contribution >= 0.6 is 0 Å². The number of hydrogen-bond acceptors (Lipinski definition) is 5. The largest absolute Gasteiger partial charge is 0.497 e. The fourth-order valence-corrected chi connectivity index (χ4v) is 3.03. The second-order valence-corrected chi connectivity index (χ2v) is 8.06. The molecular formula is C23H26N2O4. The van der Waals surface area contributed by atoms with Crippen molar-refractivity contribution in [1.29, 1.82) is 0 Å². The van der Waals surface area contributed by atoms with Gasteiger partial charge in [-0.2, -0.15) is 5.10 Å². The summed E-state index contributed by atoms with van der Waals surface area (Å²) < 4.78 is 6.89. The minimum atomic E-state index is -0.514. The number of rotatable bonds is 6. The van der Waals surface area contributed by atoms with Crippen molar-refractivity contribution in [3.63, 3.8) is 0 Å². The van der Waals surface area contributed by atoms with Crippen molar-refractivity contribution in [3.05, 3.63) is 59.3 Å². The SMILES string of the molecule is COc1ccc2c(C(=O)C3=CCC=C(CO)C=C3)nn(CC(=O)C(C)(C)C)c2c1. The van der Waals surface area contributed by atoms with E-state index in [0.29, 0.717) is 34.3 Å². The van der Waals surface area contributed by atoms with E-state index < -0.39 is 5.41 Å². The third-order valence-electron chi connectivity index (χ3n) is 4.94. The Morgan fingerprint density at radius 3 is 2.62 bits per heavy atom. The van der Waals surface area contributed by atoms with Crippen LogP contribution in [0.15, 0.2) is 53.6 Å². The molecule has 1 N–H and O–H groups in total. The molecule has 0 radical (unpaired) electrons. The van der Waals surface area contributed by atoms with Crippen LogP contribution < -0.4 is 4.74 Å². The van der Waals surface area contributed by atoms with Gasteiger partial charge in [0, 0.05) is 22.4 Å². The summed E-state index contributed by atoms with van der Waals surface area (Å²) in [5.74, 6) is 0.436. The number of aromatic nitrogens is 2. The number of aliphatic hydroxyl groups excluding tert-OH is 1. The summed E-state index contributed by atoms with van der Waals surface area (Å²) in [5, 5.41) is 14.5. The summed E-state index contributed by atoms with van der Waals surface area (Å²) >= 11 is 0. The lowest BCUT2D eigenvalue weighted by molar-refractivity contribution is -0.127. The van der Waals surface area contributed by atoms with Gasteiger partial charge in [-0.25, -0.2) is 0 Å². The third-order valence-corrected chi connectivity index (χ3v) is 4.94. The molecule has 2 aromatic rings. The molecule has 29 heavy (non-hydrogen) atoms. The molecule has 0 saturated carbocycles. The van der Waals surface area contributed by atoms with Crippen LogP contribution in [0.25, 0.3) is 10.9 Å². The second kappa shape index (κ2) is 8.17. The van der Waals surface area contributed by atoms with E-state index in [1.165, 1.54) is 0 Å². The molecule has 0 fully saturated rings. The van der Waals surface area contributed by atoms with Gasteiger partial charge in [0.15, 0.2) is 5.78 Å². The Hall–Kier alpha value is -2.99. The van der Waals surface area contributed by atoms with Crippen LogP contribution in [0.1, 0.15) is 37.7 Å². The zero-order chi connectivity index (χ0) is 21.2. The summed E-state index contributed by atoms with van der Waals surface area (Å²) in [4.78, 5) is 25.8. The Morgan fingerprint density at radius 2 is 1.97 bits per heavy atom. The topological polar surface area (TPSA) is 81.4 Å². The molecular weight excluding hydrogens is 368 g/mol. The number of allylic oxidation sites excluding steroid dienone is 4. The molecule has 1 heterocycles. The highest BCUT2D eigenvalue weighted by atomic mass is 16.5. The van der Waals surface area contributed by atoms with Crippen LogP contribution in [-0.2, 0) is 11.3 Å². The fourth-order valence-electron chi connectivity index (χ4n) is 3.03. The van der Waals surface area contributed by atoms with Gasteiger partial charge in [0.05, 0.1) is 19.2 Å². The number of benzene rings is 1. The van der Waals surface area contributed by atoms with Crippen molar-refractivity contribution in [2.75, 3.05) is 13.7 Å². The van der Waals surface area contributed by atoms with Crippen molar-refractivity contribution in [3.8, 4) is 5.75 Å². The first-order valence-electron chi connectivity index (χ1n) is 9.55. The van der Waals surface area contributed by atoms with Gasteiger partial charge in [-0.1, -0.05) is 45.1 Å². The molecule has 0 aliphatic heterocycles. The first kappa shape index (κ1) is 20.7. The molecule has 0 saturated heterocycles. The highest BCUT2D eigenvalue weighted by Gasteiger charge is 2.25. The van der Waals surface area contributed by atoms with E-state index in [4.69, 9.17) is 4.74 Å². The van der Waals surface area contributed by atoms with Gasteiger partial charge in [0.1, 0.15) is 18.0 Å². The number of nitrogens with zero attached hydrogens (tertiary/aromatic N) is 2. The van der Waals surface area contributed by atoms with Crippen molar-refractivity contribution in [2.45, 2.75) is 33.7 Å². The maximum atomic E-state index is 13.2. The quantitative estimate of drug-likeness (QED) is 0.757. The monoisotopic (exact) mass is 394 g/mol. The molecule has 1 aliphatic carbocycles. The molecule has 0 bridgehead atoms. The number of Topliss-reactive ketones (excluding diaryl/α,β-unsaturated/α-hetero) is 2. The number of fused-ring (bicyclic) bond motifs is 1. The van der Waals surface area contributed by atoms with Crippen molar-refractivity contribution < 1.29 is 19.4 Å². The van der Waals surface area contributed by atoms with Crippen LogP contribution in [0.2, 0.25) is 0 Å². The van der Waals surface area contributed by atoms with E-state index in [-0.39, 0.29) is 24.7 Å². The van der Waals surface area contributed by atoms with Crippen molar-refractivity contribution in [1.82, 2.24) is 9.78 Å². The lowest BCUT2D eigenvalue weighted by atomic mass is 9.91. The lowest BCUT2D eigenvalue weighted by Gasteiger charge is -2.16. The van der Waals surface area contributed by atoms with E-state index in [1.807, 2.05) is 32.9 Å². The number of methoxy groups -OCH3 is 1. The molecule has 0 spiro atoms. The van der Waals surface area contributed by atoms with E-state index in [9.17, 15) is 14.7 Å². The van der Waals surface area contributed by atoms with Crippen LogP contribution in [0.5, 0.6) is 5.75 Å². The molecule has 1 aromatic carbocycles. The molecule has 6 heteroatoms. The molecule has 0 unspecified atom stereocenters. The van der Waals surface area contributed by atoms with Gasteiger partial charge in [-0.15, -0.1) is 0 Å². The maximum Gasteiger partial charge on any atom is 0.213 e. The lowest BCUT2D eigenvalue weighted by Crippen LogP contribution is -2.25. The summed E-state index contributed by atoms with van der Waals surface area (Å²) in [6, 6.07) is 5.36. The van der Waals surface area contributed by atoms with E-state index in [0.717, 1.165) is 5.57 Å². The second-order valence-electron chi connectivity index (χ2n) is 8.06. The summed E-state index contributed by atoms with van der Waals surface area (Å²) in [6.07, 6.45) is 7.68. The first-order valence-corrected chi connectivity index (χ1v) is 9.55. The Kier molecular flexibility index (Phi) is 5.84. The van der Waals surface area contributed by atoms with E-state index in [1.54, 1.807) is 42.1 Å². The molecule has 0 atom stereocenters. The predicted molar refractivity (Wildman–Crippen MR) is 112 cm³/mol. The van der Waals surface area contributed by atoms with E-state index in [2.05, 4.69) is 5.10 Å². The highest BCUT2D eigenvalue weighted by Crippen LogP contribution is 2.27. The summed E-state index contributed by atoms with van der Waals surface area (Å²) in [6.45, 7) is 5.59. The van der Waals surface area contributed by atoms with Gasteiger partial charge in [-0.05, 0) is 24.1 Å². The Bertz CT molecular complexity index is 1050. The average Bonchev–Trinajstić information content (AvgIpc) is 2.88. The Balaban J connectivity index is 2.05. The minimum Gasteiger partial charge on any atom is -0.497 e. The number of hydrogen-bond donors (Lipinski definition) is 1. The Morgan fingerprint density at radius 1 is 1.21 bits per heavy atom. The van der Waals surface area contributed by atoms with Gasteiger partial charge in [0.25, 0.3) is 0 Å². The smallest absolute Gasteiger partial charge is 0.213 e. The van der Waals surface area contributed by atoms with Crippen LogP contribution in [0.3, 0.4) is 0 Å². The predicted octanol–water partition coefficient (Wildman–Crippen LogP) is 3.65. The third kappa shape index (κ3) is 4.38. The molecule has 3 rings (SSSR count). The number of carbonyl (C=O) groups excluding carboxylic acids is 2. The zero-order valence-electron chi connectivity index (χ0n) is 17.2. The van der Waals surface area contributed by atoms with Crippen molar-refractivity contribution >= 4 is 22.5 Å². The van der Waals surface area contributed by atoms with Crippen LogP contribution in [0.4, 0.5) is 0 Å². The number of aliphatic hydroxyl groups is 1. The molecule has 1 aromatic heterocycles. The molecule has 1 aliphatic rings. The normalized spacial score (nSPS) is 14.4. The van der Waals surface area contributed by atoms with Gasteiger partial charge in [-0.3, -0.25) is 14.3 Å².